The van der Waals surface area contributed by atoms with Crippen molar-refractivity contribution >= 4 is 6.09 Å². The number of aryl methyl sites for hydroxylation is 1. The number of piperidine rings is 1. The van der Waals surface area contributed by atoms with Crippen LogP contribution in [-0.4, -0.2) is 45.5 Å². The summed E-state index contributed by atoms with van der Waals surface area (Å²) in [6.07, 6.45) is -0.643. The second kappa shape index (κ2) is 7.47. The largest absolute Gasteiger partial charge is 0.444 e. The first kappa shape index (κ1) is 19.3. The van der Waals surface area contributed by atoms with Crippen molar-refractivity contribution in [2.75, 3.05) is 13.1 Å². The predicted molar refractivity (Wildman–Crippen MR) is 95.9 cm³/mol. The summed E-state index contributed by atoms with van der Waals surface area (Å²) in [5.41, 5.74) is 0.0809. The monoisotopic (exact) mass is 345 g/mol. The molecule has 1 aromatic rings. The van der Waals surface area contributed by atoms with Gasteiger partial charge in [0.2, 0.25) is 0 Å². The number of hydrogen-bond donors (Lipinski definition) is 2. The number of ether oxygens (including phenoxy) is 1. The van der Waals surface area contributed by atoms with Gasteiger partial charge in [0, 0.05) is 25.9 Å². The molecule has 5 nitrogen and oxygen atoms in total. The molecule has 1 unspecified atom stereocenters. The lowest BCUT2D eigenvalue weighted by molar-refractivity contribution is -0.00529. The van der Waals surface area contributed by atoms with Crippen molar-refractivity contribution in [3.8, 4) is 11.8 Å². The molecule has 1 aliphatic heterocycles. The van der Waals surface area contributed by atoms with E-state index in [1.165, 1.54) is 0 Å². The van der Waals surface area contributed by atoms with Crippen LogP contribution in [-0.2, 0) is 4.74 Å². The number of likely N-dealkylation sites (tertiary alicyclic amines) is 1. The highest BCUT2D eigenvalue weighted by Gasteiger charge is 2.34. The van der Waals surface area contributed by atoms with Crippen LogP contribution in [0.1, 0.15) is 50.8 Å². The lowest BCUT2D eigenvalue weighted by Gasteiger charge is -2.35. The Balaban J connectivity index is 1.94. The Morgan fingerprint density at radius 2 is 1.80 bits per heavy atom. The van der Waals surface area contributed by atoms with Crippen LogP contribution >= 0.6 is 0 Å². The Bertz CT molecular complexity index is 656. The third kappa shape index (κ3) is 5.77. The van der Waals surface area contributed by atoms with Crippen molar-refractivity contribution in [2.45, 2.75) is 57.8 Å². The molecule has 0 radical (unpaired) electrons. The van der Waals surface area contributed by atoms with E-state index in [0.717, 1.165) is 5.56 Å². The van der Waals surface area contributed by atoms with Gasteiger partial charge in [0.1, 0.15) is 17.3 Å². The minimum Gasteiger partial charge on any atom is -0.444 e. The van der Waals surface area contributed by atoms with Crippen LogP contribution in [0.3, 0.4) is 0 Å². The number of rotatable bonds is 1. The quantitative estimate of drug-likeness (QED) is 0.768. The van der Waals surface area contributed by atoms with Gasteiger partial charge in [-0.3, -0.25) is 0 Å². The molecule has 0 aromatic heterocycles. The molecule has 0 aliphatic carbocycles. The molecule has 1 saturated heterocycles. The summed E-state index contributed by atoms with van der Waals surface area (Å²) in [4.78, 5) is 13.6. The molecule has 0 saturated carbocycles. The van der Waals surface area contributed by atoms with Crippen LogP contribution in [0.25, 0.3) is 0 Å². The summed E-state index contributed by atoms with van der Waals surface area (Å²) in [6, 6.07) is 7.47. The first-order valence-corrected chi connectivity index (χ1v) is 8.56. The molecule has 2 N–H and O–H groups in total. The second-order valence-electron chi connectivity index (χ2n) is 7.58. The molecule has 1 fully saturated rings. The number of carbonyl (C=O) groups is 1. The molecule has 1 heterocycles. The molecule has 0 bridgehead atoms. The summed E-state index contributed by atoms with van der Waals surface area (Å²) >= 11 is 0. The highest BCUT2D eigenvalue weighted by molar-refractivity contribution is 5.68. The fourth-order valence-electron chi connectivity index (χ4n) is 2.55. The lowest BCUT2D eigenvalue weighted by Crippen LogP contribution is -2.47. The van der Waals surface area contributed by atoms with E-state index >= 15 is 0 Å². The zero-order valence-corrected chi connectivity index (χ0v) is 15.4. The first-order chi connectivity index (χ1) is 11.6. The fraction of sp³-hybridized carbons (Fsp3) is 0.550. The SMILES string of the molecule is Cc1ccc(C(O)C#CC2(O)CCN(C(=O)OC(C)(C)C)CC2)cc1. The Labute approximate surface area is 149 Å². The highest BCUT2D eigenvalue weighted by Crippen LogP contribution is 2.23. The normalized spacial score (nSPS) is 18.1. The number of amides is 1. The van der Waals surface area contributed by atoms with Gasteiger partial charge in [0.15, 0.2) is 0 Å². The van der Waals surface area contributed by atoms with E-state index in [1.54, 1.807) is 4.90 Å². The van der Waals surface area contributed by atoms with Crippen LogP contribution in [0, 0.1) is 18.8 Å². The number of hydrogen-bond acceptors (Lipinski definition) is 4. The summed E-state index contributed by atoms with van der Waals surface area (Å²) in [5.74, 6) is 5.53. The number of benzene rings is 1. The molecule has 1 aliphatic rings. The summed E-state index contributed by atoms with van der Waals surface area (Å²) in [7, 11) is 0. The number of nitrogens with zero attached hydrogens (tertiary/aromatic N) is 1. The summed E-state index contributed by atoms with van der Waals surface area (Å²) in [5, 5.41) is 20.7. The van der Waals surface area contributed by atoms with E-state index in [1.807, 2.05) is 52.0 Å². The van der Waals surface area contributed by atoms with Gasteiger partial charge in [0.05, 0.1) is 0 Å². The van der Waals surface area contributed by atoms with Gasteiger partial charge in [-0.1, -0.05) is 41.7 Å². The Morgan fingerprint density at radius 3 is 2.32 bits per heavy atom. The Morgan fingerprint density at radius 1 is 1.24 bits per heavy atom. The molecule has 1 aromatic carbocycles. The fourth-order valence-corrected chi connectivity index (χ4v) is 2.55. The van der Waals surface area contributed by atoms with Crippen LogP contribution in [0.15, 0.2) is 24.3 Å². The third-order valence-corrected chi connectivity index (χ3v) is 4.08. The molecule has 0 spiro atoms. The number of aliphatic hydroxyl groups is 2. The van der Waals surface area contributed by atoms with Gasteiger partial charge >= 0.3 is 6.09 Å². The summed E-state index contributed by atoms with van der Waals surface area (Å²) < 4.78 is 5.34. The predicted octanol–water partition coefficient (Wildman–Crippen LogP) is 2.79. The molecule has 1 amide bonds. The van der Waals surface area contributed by atoms with E-state index < -0.39 is 17.3 Å². The van der Waals surface area contributed by atoms with Gasteiger partial charge in [-0.15, -0.1) is 0 Å². The van der Waals surface area contributed by atoms with Crippen molar-refractivity contribution in [3.63, 3.8) is 0 Å². The molecule has 2 rings (SSSR count). The van der Waals surface area contributed by atoms with E-state index in [-0.39, 0.29) is 6.09 Å². The molecule has 25 heavy (non-hydrogen) atoms. The zero-order valence-electron chi connectivity index (χ0n) is 15.4. The molecule has 5 heteroatoms. The Kier molecular flexibility index (Phi) is 5.76. The molecular weight excluding hydrogens is 318 g/mol. The third-order valence-electron chi connectivity index (χ3n) is 4.08. The number of carbonyl (C=O) groups excluding carboxylic acids is 1. The average Bonchev–Trinajstić information content (AvgIpc) is 2.52. The van der Waals surface area contributed by atoms with Crippen molar-refractivity contribution < 1.29 is 19.7 Å². The zero-order chi connectivity index (χ0) is 18.7. The second-order valence-corrected chi connectivity index (χ2v) is 7.58. The van der Waals surface area contributed by atoms with E-state index in [0.29, 0.717) is 31.5 Å². The van der Waals surface area contributed by atoms with Gasteiger partial charge in [0.25, 0.3) is 0 Å². The molecule has 136 valence electrons. The van der Waals surface area contributed by atoms with Gasteiger partial charge in [-0.25, -0.2) is 4.79 Å². The smallest absolute Gasteiger partial charge is 0.410 e. The van der Waals surface area contributed by atoms with Crippen molar-refractivity contribution in [1.29, 1.82) is 0 Å². The van der Waals surface area contributed by atoms with Crippen molar-refractivity contribution in [2.24, 2.45) is 0 Å². The maximum Gasteiger partial charge on any atom is 0.410 e. The molecular formula is C20H27NO4. The van der Waals surface area contributed by atoms with Crippen molar-refractivity contribution in [3.05, 3.63) is 35.4 Å². The molecule has 1 atom stereocenters. The number of aliphatic hydroxyl groups excluding tert-OH is 1. The van der Waals surface area contributed by atoms with Gasteiger partial charge in [-0.2, -0.15) is 0 Å². The standard InChI is InChI=1S/C20H27NO4/c1-15-5-7-16(8-6-15)17(22)9-10-20(24)11-13-21(14-12-20)18(23)25-19(2,3)4/h5-8,17,22,24H,11-14H2,1-4H3. The van der Waals surface area contributed by atoms with Crippen LogP contribution < -0.4 is 0 Å². The van der Waals surface area contributed by atoms with Gasteiger partial charge in [-0.05, 0) is 33.3 Å². The van der Waals surface area contributed by atoms with Gasteiger partial charge < -0.3 is 19.8 Å². The summed E-state index contributed by atoms with van der Waals surface area (Å²) in [6.45, 7) is 8.19. The van der Waals surface area contributed by atoms with E-state index in [4.69, 9.17) is 4.74 Å². The topological polar surface area (TPSA) is 70.0 Å². The lowest BCUT2D eigenvalue weighted by atomic mass is 9.91. The van der Waals surface area contributed by atoms with Crippen molar-refractivity contribution in [1.82, 2.24) is 4.90 Å². The Hall–Kier alpha value is -2.03. The maximum atomic E-state index is 12.0. The van der Waals surface area contributed by atoms with E-state index in [2.05, 4.69) is 11.8 Å². The maximum absolute atomic E-state index is 12.0. The minimum atomic E-state index is -1.19. The highest BCUT2D eigenvalue weighted by atomic mass is 16.6. The van der Waals surface area contributed by atoms with Crippen LogP contribution in [0.2, 0.25) is 0 Å². The first-order valence-electron chi connectivity index (χ1n) is 8.56. The average molecular weight is 345 g/mol. The van der Waals surface area contributed by atoms with E-state index in [9.17, 15) is 15.0 Å². The van der Waals surface area contributed by atoms with Crippen LogP contribution in [0.5, 0.6) is 0 Å². The van der Waals surface area contributed by atoms with Crippen LogP contribution in [0.4, 0.5) is 4.79 Å². The minimum absolute atomic E-state index is 0.333.